The monoisotopic (exact) mass is 201 g/mol. The Labute approximate surface area is 79.8 Å². The van der Waals surface area contributed by atoms with E-state index < -0.39 is 0 Å². The zero-order chi connectivity index (χ0) is 9.14. The third-order valence-corrected chi connectivity index (χ3v) is 1.89. The highest BCUT2D eigenvalue weighted by Gasteiger charge is 2.04. The lowest BCUT2D eigenvalue weighted by Crippen LogP contribution is -1.75. The highest BCUT2D eigenvalue weighted by Crippen LogP contribution is 2.33. The fraction of sp³-hybridized carbons (Fsp3) is 0.125. The number of aliphatic imine (C=N–C) groups is 1. The van der Waals surface area contributed by atoms with Gasteiger partial charge in [0.15, 0.2) is 0 Å². The number of halogens is 2. The van der Waals surface area contributed by atoms with Gasteiger partial charge in [-0.25, -0.2) is 4.79 Å². The van der Waals surface area contributed by atoms with E-state index in [2.05, 4.69) is 4.99 Å². The average molecular weight is 202 g/mol. The maximum Gasteiger partial charge on any atom is 0.240 e. The van der Waals surface area contributed by atoms with Gasteiger partial charge in [0.1, 0.15) is 5.69 Å². The van der Waals surface area contributed by atoms with Gasteiger partial charge in [0.05, 0.1) is 10.0 Å². The number of hydrogen-bond acceptors (Lipinski definition) is 2. The molecule has 1 aromatic carbocycles. The van der Waals surface area contributed by atoms with E-state index in [9.17, 15) is 4.79 Å². The van der Waals surface area contributed by atoms with Gasteiger partial charge in [-0.1, -0.05) is 23.2 Å². The van der Waals surface area contributed by atoms with Gasteiger partial charge in [0, 0.05) is 0 Å². The molecule has 0 aromatic heterocycles. The van der Waals surface area contributed by atoms with Crippen LogP contribution in [0.4, 0.5) is 5.69 Å². The lowest BCUT2D eigenvalue weighted by atomic mass is 10.2. The Morgan fingerprint density at radius 3 is 2.25 bits per heavy atom. The summed E-state index contributed by atoms with van der Waals surface area (Å²) in [6.07, 6.45) is 1.39. The van der Waals surface area contributed by atoms with Crippen LogP contribution >= 0.6 is 23.2 Å². The number of carbonyl (C=O) groups excluding carboxylic acids is 1. The van der Waals surface area contributed by atoms with Crippen molar-refractivity contribution in [2.75, 3.05) is 0 Å². The maximum absolute atomic E-state index is 9.95. The van der Waals surface area contributed by atoms with Gasteiger partial charge in [-0.2, -0.15) is 4.99 Å². The summed E-state index contributed by atoms with van der Waals surface area (Å²) in [7, 11) is 0. The number of benzene rings is 1. The molecule has 0 N–H and O–H groups in total. The molecule has 0 heterocycles. The molecule has 0 saturated carbocycles. The van der Waals surface area contributed by atoms with E-state index >= 15 is 0 Å². The van der Waals surface area contributed by atoms with Crippen LogP contribution in [0.1, 0.15) is 5.56 Å². The summed E-state index contributed by atoms with van der Waals surface area (Å²) in [5.41, 5.74) is 1.20. The molecule has 4 heteroatoms. The van der Waals surface area contributed by atoms with Crippen LogP contribution < -0.4 is 0 Å². The quantitative estimate of drug-likeness (QED) is 0.507. The zero-order valence-electron chi connectivity index (χ0n) is 6.27. The van der Waals surface area contributed by atoms with Crippen molar-refractivity contribution in [3.8, 4) is 0 Å². The van der Waals surface area contributed by atoms with Gasteiger partial charge in [0.2, 0.25) is 6.08 Å². The summed E-state index contributed by atoms with van der Waals surface area (Å²) >= 11 is 11.5. The minimum absolute atomic E-state index is 0.277. The molecule has 0 atom stereocenters. The molecule has 2 nitrogen and oxygen atoms in total. The first-order valence-electron chi connectivity index (χ1n) is 3.18. The second kappa shape index (κ2) is 3.72. The minimum Gasteiger partial charge on any atom is -0.211 e. The number of isocyanates is 1. The molecule has 0 radical (unpaired) electrons. The van der Waals surface area contributed by atoms with E-state index in [4.69, 9.17) is 23.2 Å². The first-order valence-corrected chi connectivity index (χ1v) is 3.94. The SMILES string of the molecule is Cc1cc(Cl)c(N=C=O)c(Cl)c1. The van der Waals surface area contributed by atoms with Gasteiger partial charge in [-0.05, 0) is 24.6 Å². The van der Waals surface area contributed by atoms with Crippen LogP contribution in [0.25, 0.3) is 0 Å². The molecule has 0 unspecified atom stereocenters. The summed E-state index contributed by atoms with van der Waals surface area (Å²) in [5, 5.41) is 0.728. The van der Waals surface area contributed by atoms with Crippen LogP contribution in [0.5, 0.6) is 0 Å². The predicted molar refractivity (Wildman–Crippen MR) is 49.0 cm³/mol. The predicted octanol–water partition coefficient (Wildman–Crippen LogP) is 3.27. The Balaban J connectivity index is 3.37. The average Bonchev–Trinajstić information content (AvgIpc) is 1.96. The van der Waals surface area contributed by atoms with Crippen LogP contribution in [0, 0.1) is 6.92 Å². The van der Waals surface area contributed by atoms with E-state index in [-0.39, 0.29) is 5.69 Å². The van der Waals surface area contributed by atoms with Crippen LogP contribution in [-0.4, -0.2) is 6.08 Å². The molecule has 0 fully saturated rings. The largest absolute Gasteiger partial charge is 0.240 e. The highest BCUT2D eigenvalue weighted by atomic mass is 35.5. The Bertz CT molecular complexity index is 333. The van der Waals surface area contributed by atoms with Crippen LogP contribution in [0.15, 0.2) is 17.1 Å². The number of aryl methyl sites for hydroxylation is 1. The Morgan fingerprint density at radius 1 is 1.33 bits per heavy atom. The lowest BCUT2D eigenvalue weighted by Gasteiger charge is -2.00. The Morgan fingerprint density at radius 2 is 1.83 bits per heavy atom. The molecule has 1 rings (SSSR count). The third kappa shape index (κ3) is 1.86. The molecular weight excluding hydrogens is 197 g/mol. The molecular formula is C8H5Cl2NO. The topological polar surface area (TPSA) is 29.4 Å². The highest BCUT2D eigenvalue weighted by molar-refractivity contribution is 6.38. The first kappa shape index (κ1) is 9.27. The van der Waals surface area contributed by atoms with E-state index in [0.29, 0.717) is 10.0 Å². The molecule has 0 saturated heterocycles. The number of hydrogen-bond donors (Lipinski definition) is 0. The van der Waals surface area contributed by atoms with Crippen LogP contribution in [-0.2, 0) is 4.79 Å². The van der Waals surface area contributed by atoms with Crippen molar-refractivity contribution < 1.29 is 4.79 Å². The normalized spacial score (nSPS) is 9.25. The van der Waals surface area contributed by atoms with E-state index in [1.807, 2.05) is 6.92 Å². The molecule has 0 aliphatic carbocycles. The van der Waals surface area contributed by atoms with Gasteiger partial charge in [0.25, 0.3) is 0 Å². The van der Waals surface area contributed by atoms with Gasteiger partial charge < -0.3 is 0 Å². The standard InChI is InChI=1S/C8H5Cl2NO/c1-5-2-6(9)8(11-4-12)7(10)3-5/h2-3H,1H3. The maximum atomic E-state index is 9.95. The van der Waals surface area contributed by atoms with Crippen LogP contribution in [0.3, 0.4) is 0 Å². The Hall–Kier alpha value is -0.820. The summed E-state index contributed by atoms with van der Waals surface area (Å²) in [5.74, 6) is 0. The molecule has 62 valence electrons. The van der Waals surface area contributed by atoms with Crippen molar-refractivity contribution in [1.29, 1.82) is 0 Å². The molecule has 0 bridgehead atoms. The van der Waals surface area contributed by atoms with E-state index in [1.54, 1.807) is 12.1 Å². The Kier molecular flexibility index (Phi) is 2.88. The second-order valence-electron chi connectivity index (χ2n) is 2.28. The summed E-state index contributed by atoms with van der Waals surface area (Å²) in [6, 6.07) is 3.37. The smallest absolute Gasteiger partial charge is 0.211 e. The molecule has 1 aromatic rings. The summed E-state index contributed by atoms with van der Waals surface area (Å²) in [4.78, 5) is 13.3. The van der Waals surface area contributed by atoms with E-state index in [0.717, 1.165) is 5.56 Å². The van der Waals surface area contributed by atoms with Crippen molar-refractivity contribution in [1.82, 2.24) is 0 Å². The fourth-order valence-electron chi connectivity index (χ4n) is 0.845. The van der Waals surface area contributed by atoms with Crippen molar-refractivity contribution in [2.45, 2.75) is 6.92 Å². The molecule has 0 aliphatic heterocycles. The first-order chi connectivity index (χ1) is 5.65. The second-order valence-corrected chi connectivity index (χ2v) is 3.09. The lowest BCUT2D eigenvalue weighted by molar-refractivity contribution is 0.565. The molecule has 0 spiro atoms. The zero-order valence-corrected chi connectivity index (χ0v) is 7.78. The summed E-state index contributed by atoms with van der Waals surface area (Å²) in [6.45, 7) is 1.85. The third-order valence-electron chi connectivity index (χ3n) is 1.32. The van der Waals surface area contributed by atoms with Gasteiger partial charge in [-0.3, -0.25) is 0 Å². The van der Waals surface area contributed by atoms with Crippen molar-refractivity contribution in [3.63, 3.8) is 0 Å². The minimum atomic E-state index is 0.277. The van der Waals surface area contributed by atoms with Crippen molar-refractivity contribution in [2.24, 2.45) is 4.99 Å². The summed E-state index contributed by atoms with van der Waals surface area (Å²) < 4.78 is 0. The van der Waals surface area contributed by atoms with Crippen molar-refractivity contribution >= 4 is 35.0 Å². The van der Waals surface area contributed by atoms with Gasteiger partial charge >= 0.3 is 0 Å². The van der Waals surface area contributed by atoms with E-state index in [1.165, 1.54) is 6.08 Å². The molecule has 0 aliphatic rings. The fourth-order valence-corrected chi connectivity index (χ4v) is 1.53. The molecule has 0 amide bonds. The number of rotatable bonds is 1. The number of nitrogens with zero attached hydrogens (tertiary/aromatic N) is 1. The van der Waals surface area contributed by atoms with Crippen LogP contribution in [0.2, 0.25) is 10.0 Å². The van der Waals surface area contributed by atoms with Gasteiger partial charge in [-0.15, -0.1) is 0 Å². The van der Waals surface area contributed by atoms with Crippen molar-refractivity contribution in [3.05, 3.63) is 27.7 Å². The molecule has 12 heavy (non-hydrogen) atoms.